The molecule has 5 heteroatoms. The van der Waals surface area contributed by atoms with Crippen molar-refractivity contribution in [3.05, 3.63) is 24.3 Å². The molecule has 0 aromatic heterocycles. The fraction of sp³-hybridized carbons (Fsp3) is 0.706. The van der Waals surface area contributed by atoms with Crippen LogP contribution in [0.2, 0.25) is 0 Å². The van der Waals surface area contributed by atoms with Crippen molar-refractivity contribution in [3.63, 3.8) is 0 Å². The second-order valence-corrected chi connectivity index (χ2v) is 7.41. The van der Waals surface area contributed by atoms with Gasteiger partial charge in [0, 0.05) is 12.1 Å². The highest BCUT2D eigenvalue weighted by atomic mass is 31.2. The summed E-state index contributed by atoms with van der Waals surface area (Å²) in [5.74, 6) is 0.556. The summed E-state index contributed by atoms with van der Waals surface area (Å²) in [5.41, 5.74) is 0. The van der Waals surface area contributed by atoms with E-state index in [1.807, 2.05) is 0 Å². The molecule has 22 heavy (non-hydrogen) atoms. The molecule has 0 saturated heterocycles. The molecule has 0 aromatic rings. The van der Waals surface area contributed by atoms with Gasteiger partial charge in [-0.1, -0.05) is 24.3 Å². The summed E-state index contributed by atoms with van der Waals surface area (Å²) in [7, 11) is -1.09. The lowest BCUT2D eigenvalue weighted by atomic mass is 10.1. The van der Waals surface area contributed by atoms with Crippen molar-refractivity contribution in [2.45, 2.75) is 59.0 Å². The van der Waals surface area contributed by atoms with Gasteiger partial charge in [0.2, 0.25) is 0 Å². The van der Waals surface area contributed by atoms with Crippen molar-refractivity contribution in [2.75, 3.05) is 13.2 Å². The van der Waals surface area contributed by atoms with Crippen molar-refractivity contribution in [1.82, 2.24) is 4.67 Å². The molecule has 1 aliphatic rings. The molecule has 1 aliphatic carbocycles. The van der Waals surface area contributed by atoms with Crippen molar-refractivity contribution in [3.8, 4) is 6.07 Å². The predicted molar refractivity (Wildman–Crippen MR) is 92.2 cm³/mol. The van der Waals surface area contributed by atoms with Crippen molar-refractivity contribution in [1.29, 1.82) is 5.26 Å². The lowest BCUT2D eigenvalue weighted by Crippen LogP contribution is -2.33. The van der Waals surface area contributed by atoms with Crippen molar-refractivity contribution < 1.29 is 9.05 Å². The molecule has 0 N–H and O–H groups in total. The third-order valence-corrected chi connectivity index (χ3v) is 5.48. The molecule has 124 valence electrons. The number of hydrogen-bond acceptors (Lipinski definition) is 4. The standard InChI is InChI=1S/C17H29N2O2P/c1-15(2)19(16(3)4)22(21-14-8-12-18)20-13-7-11-17-9-5-6-10-17/h5-6,9-10,15-17H,7-8,11,13-14H2,1-4H3. The summed E-state index contributed by atoms with van der Waals surface area (Å²) in [5, 5.41) is 8.68. The number of allylic oxidation sites excluding steroid dienone is 4. The number of rotatable bonds is 11. The lowest BCUT2D eigenvalue weighted by molar-refractivity contribution is 0.174. The monoisotopic (exact) mass is 324 g/mol. The van der Waals surface area contributed by atoms with Gasteiger partial charge in [0.15, 0.2) is 0 Å². The Hall–Kier alpha value is -0.720. The highest BCUT2D eigenvalue weighted by molar-refractivity contribution is 7.44. The van der Waals surface area contributed by atoms with Crippen LogP contribution in [-0.4, -0.2) is 30.0 Å². The van der Waals surface area contributed by atoms with E-state index in [2.05, 4.69) is 62.7 Å². The quantitative estimate of drug-likeness (QED) is 0.404. The highest BCUT2D eigenvalue weighted by Crippen LogP contribution is 2.46. The molecule has 4 nitrogen and oxygen atoms in total. The van der Waals surface area contributed by atoms with Crippen LogP contribution in [0.4, 0.5) is 0 Å². The highest BCUT2D eigenvalue weighted by Gasteiger charge is 2.26. The molecule has 0 saturated carbocycles. The first-order chi connectivity index (χ1) is 10.6. The van der Waals surface area contributed by atoms with E-state index in [9.17, 15) is 0 Å². The smallest absolute Gasteiger partial charge is 0.259 e. The maximum Gasteiger partial charge on any atom is 0.259 e. The van der Waals surface area contributed by atoms with Gasteiger partial charge in [-0.3, -0.25) is 0 Å². The lowest BCUT2D eigenvalue weighted by Gasteiger charge is -2.35. The van der Waals surface area contributed by atoms with Crippen LogP contribution in [-0.2, 0) is 9.05 Å². The van der Waals surface area contributed by atoms with Crippen molar-refractivity contribution >= 4 is 8.53 Å². The summed E-state index contributed by atoms with van der Waals surface area (Å²) < 4.78 is 14.2. The average molecular weight is 324 g/mol. The SMILES string of the molecule is CC(C)N(C(C)C)P(OCCC#N)OCCCC1C=CC=C1. The largest absolute Gasteiger partial charge is 0.322 e. The molecule has 0 spiro atoms. The Morgan fingerprint density at radius 3 is 2.23 bits per heavy atom. The first kappa shape index (κ1) is 19.3. The minimum absolute atomic E-state index is 0.355. The fourth-order valence-corrected chi connectivity index (χ4v) is 4.07. The molecule has 0 bridgehead atoms. The van der Waals surface area contributed by atoms with Gasteiger partial charge in [-0.15, -0.1) is 0 Å². The van der Waals surface area contributed by atoms with Crippen LogP contribution >= 0.6 is 8.53 Å². The topological polar surface area (TPSA) is 45.5 Å². The summed E-state index contributed by atoms with van der Waals surface area (Å²) in [6.45, 7) is 9.75. The summed E-state index contributed by atoms with van der Waals surface area (Å²) >= 11 is 0. The Morgan fingerprint density at radius 2 is 1.68 bits per heavy atom. The predicted octanol–water partition coefficient (Wildman–Crippen LogP) is 4.80. The van der Waals surface area contributed by atoms with Crippen LogP contribution in [0.25, 0.3) is 0 Å². The molecular formula is C17H29N2O2P. The van der Waals surface area contributed by atoms with E-state index in [1.165, 1.54) is 0 Å². The van der Waals surface area contributed by atoms with Gasteiger partial charge in [-0.05, 0) is 46.5 Å². The van der Waals surface area contributed by atoms with Crippen LogP contribution in [0.5, 0.6) is 0 Å². The zero-order valence-electron chi connectivity index (χ0n) is 14.2. The number of nitrogens with zero attached hydrogens (tertiary/aromatic N) is 2. The molecule has 1 atom stereocenters. The zero-order valence-corrected chi connectivity index (χ0v) is 15.1. The van der Waals surface area contributed by atoms with Gasteiger partial charge in [-0.2, -0.15) is 5.26 Å². The Labute approximate surface area is 136 Å². The van der Waals surface area contributed by atoms with Crippen LogP contribution in [0.1, 0.15) is 47.0 Å². The second kappa shape index (κ2) is 10.9. The van der Waals surface area contributed by atoms with E-state index in [0.717, 1.165) is 12.8 Å². The van der Waals surface area contributed by atoms with Crippen LogP contribution in [0.3, 0.4) is 0 Å². The van der Waals surface area contributed by atoms with Crippen LogP contribution in [0.15, 0.2) is 24.3 Å². The Kier molecular flexibility index (Phi) is 9.59. The minimum atomic E-state index is -1.09. The molecule has 0 aliphatic heterocycles. The maximum absolute atomic E-state index is 8.68. The molecule has 1 rings (SSSR count). The van der Waals surface area contributed by atoms with Crippen LogP contribution < -0.4 is 0 Å². The Balaban J connectivity index is 2.43. The van der Waals surface area contributed by atoms with Gasteiger partial charge in [0.05, 0.1) is 25.7 Å². The molecule has 1 unspecified atom stereocenters. The van der Waals surface area contributed by atoms with E-state index >= 15 is 0 Å². The van der Waals surface area contributed by atoms with E-state index in [1.54, 1.807) is 0 Å². The molecule has 0 radical (unpaired) electrons. The van der Waals surface area contributed by atoms with E-state index in [0.29, 0.717) is 37.6 Å². The van der Waals surface area contributed by atoms with E-state index in [4.69, 9.17) is 14.3 Å². The normalized spacial score (nSPS) is 16.1. The van der Waals surface area contributed by atoms with Gasteiger partial charge < -0.3 is 9.05 Å². The van der Waals surface area contributed by atoms with Gasteiger partial charge >= 0.3 is 0 Å². The molecule has 0 amide bonds. The molecule has 0 aromatic carbocycles. The maximum atomic E-state index is 8.68. The van der Waals surface area contributed by atoms with Crippen molar-refractivity contribution in [2.24, 2.45) is 5.92 Å². The average Bonchev–Trinajstić information content (AvgIpc) is 2.95. The van der Waals surface area contributed by atoms with Gasteiger partial charge in [0.1, 0.15) is 0 Å². The molecular weight excluding hydrogens is 295 g/mol. The van der Waals surface area contributed by atoms with Crippen LogP contribution in [0, 0.1) is 17.2 Å². The third-order valence-electron chi connectivity index (χ3n) is 3.37. The number of nitriles is 1. The minimum Gasteiger partial charge on any atom is -0.322 e. The zero-order chi connectivity index (χ0) is 16.4. The first-order valence-corrected chi connectivity index (χ1v) is 9.25. The third kappa shape index (κ3) is 7.03. The number of hydrogen-bond donors (Lipinski definition) is 0. The summed E-state index contributed by atoms with van der Waals surface area (Å²) in [6, 6.07) is 2.83. The Bertz CT molecular complexity index is 382. The summed E-state index contributed by atoms with van der Waals surface area (Å²) in [6.07, 6.45) is 11.2. The van der Waals surface area contributed by atoms with Gasteiger partial charge in [0.25, 0.3) is 8.53 Å². The van der Waals surface area contributed by atoms with E-state index in [-0.39, 0.29) is 0 Å². The van der Waals surface area contributed by atoms with Gasteiger partial charge in [-0.25, -0.2) is 4.67 Å². The summed E-state index contributed by atoms with van der Waals surface area (Å²) in [4.78, 5) is 0. The second-order valence-electron chi connectivity index (χ2n) is 5.96. The molecule has 0 heterocycles. The van der Waals surface area contributed by atoms with E-state index < -0.39 is 8.53 Å². The molecule has 0 fully saturated rings. The first-order valence-electron chi connectivity index (χ1n) is 8.12. The Morgan fingerprint density at radius 1 is 1.09 bits per heavy atom. The fourth-order valence-electron chi connectivity index (χ4n) is 2.45.